The Balaban J connectivity index is 1.52. The van der Waals surface area contributed by atoms with Crippen LogP contribution in [0.5, 0.6) is 5.75 Å². The first-order chi connectivity index (χ1) is 15.5. The van der Waals surface area contributed by atoms with Crippen LogP contribution in [-0.2, 0) is 4.74 Å². The van der Waals surface area contributed by atoms with Crippen molar-refractivity contribution in [2.45, 2.75) is 6.92 Å². The molecule has 0 amide bonds. The lowest BCUT2D eigenvalue weighted by molar-refractivity contribution is 0.0526. The van der Waals surface area contributed by atoms with E-state index in [1.54, 1.807) is 13.0 Å². The highest BCUT2D eigenvalue weighted by Gasteiger charge is 2.14. The smallest absolute Gasteiger partial charge is 0.338 e. The van der Waals surface area contributed by atoms with Crippen molar-refractivity contribution in [2.24, 2.45) is 0 Å². The minimum atomic E-state index is -0.539. The van der Waals surface area contributed by atoms with E-state index < -0.39 is 11.8 Å². The maximum Gasteiger partial charge on any atom is 0.338 e. The SMILES string of the molecule is CCOC(=O)c1ccc(O)c(C(=O)C=Cc2ccc(-c3ccc4ccccc4n3)cc2)c1. The van der Waals surface area contributed by atoms with Crippen LogP contribution in [0, 0.1) is 0 Å². The number of para-hydroxylation sites is 1. The maximum absolute atomic E-state index is 12.6. The van der Waals surface area contributed by atoms with Gasteiger partial charge in [-0.1, -0.05) is 54.6 Å². The number of aromatic nitrogens is 1. The number of ketones is 1. The molecule has 4 rings (SSSR count). The van der Waals surface area contributed by atoms with E-state index in [-0.39, 0.29) is 23.5 Å². The molecule has 0 bridgehead atoms. The molecule has 0 aliphatic carbocycles. The summed E-state index contributed by atoms with van der Waals surface area (Å²) in [6.07, 6.45) is 3.03. The van der Waals surface area contributed by atoms with Gasteiger partial charge in [-0.3, -0.25) is 4.79 Å². The molecule has 0 aliphatic heterocycles. The lowest BCUT2D eigenvalue weighted by Crippen LogP contribution is -2.06. The summed E-state index contributed by atoms with van der Waals surface area (Å²) in [4.78, 5) is 29.2. The molecule has 32 heavy (non-hydrogen) atoms. The van der Waals surface area contributed by atoms with Crippen LogP contribution in [0.4, 0.5) is 0 Å². The largest absolute Gasteiger partial charge is 0.507 e. The van der Waals surface area contributed by atoms with Crippen LogP contribution >= 0.6 is 0 Å². The van der Waals surface area contributed by atoms with Crippen molar-refractivity contribution in [3.05, 3.63) is 102 Å². The molecule has 0 saturated heterocycles. The molecular weight excluding hydrogens is 402 g/mol. The second kappa shape index (κ2) is 9.27. The predicted molar refractivity (Wildman–Crippen MR) is 125 cm³/mol. The Morgan fingerprint density at radius 3 is 2.53 bits per heavy atom. The van der Waals surface area contributed by atoms with Crippen LogP contribution in [0.25, 0.3) is 28.2 Å². The lowest BCUT2D eigenvalue weighted by Gasteiger charge is -2.05. The summed E-state index contributed by atoms with van der Waals surface area (Å²) in [5, 5.41) is 11.1. The van der Waals surface area contributed by atoms with Crippen LogP contribution in [-0.4, -0.2) is 28.4 Å². The Labute approximate surface area is 185 Å². The average Bonchev–Trinajstić information content (AvgIpc) is 2.83. The van der Waals surface area contributed by atoms with Crippen molar-refractivity contribution in [3.8, 4) is 17.0 Å². The number of aromatic hydroxyl groups is 1. The van der Waals surface area contributed by atoms with Gasteiger partial charge >= 0.3 is 5.97 Å². The molecule has 5 nitrogen and oxygen atoms in total. The molecule has 0 atom stereocenters. The zero-order valence-electron chi connectivity index (χ0n) is 17.5. The summed E-state index contributed by atoms with van der Waals surface area (Å²) in [7, 11) is 0. The number of nitrogens with zero attached hydrogens (tertiary/aromatic N) is 1. The first-order valence-corrected chi connectivity index (χ1v) is 10.2. The number of carbonyl (C=O) groups is 2. The van der Waals surface area contributed by atoms with E-state index in [4.69, 9.17) is 9.72 Å². The zero-order chi connectivity index (χ0) is 22.5. The summed E-state index contributed by atoms with van der Waals surface area (Å²) in [5.74, 6) is -1.14. The Hall–Kier alpha value is -4.25. The summed E-state index contributed by atoms with van der Waals surface area (Å²) in [6.45, 7) is 1.93. The van der Waals surface area contributed by atoms with Gasteiger partial charge < -0.3 is 9.84 Å². The Kier molecular flexibility index (Phi) is 6.08. The minimum absolute atomic E-state index is 0.0452. The number of phenolic OH excluding ortho intramolecular Hbond substituents is 1. The maximum atomic E-state index is 12.6. The topological polar surface area (TPSA) is 76.5 Å². The molecule has 0 unspecified atom stereocenters. The summed E-state index contributed by atoms with van der Waals surface area (Å²) >= 11 is 0. The van der Waals surface area contributed by atoms with E-state index in [1.165, 1.54) is 24.3 Å². The molecule has 0 radical (unpaired) electrons. The highest BCUT2D eigenvalue weighted by molar-refractivity contribution is 6.09. The van der Waals surface area contributed by atoms with Gasteiger partial charge in [0.05, 0.1) is 28.9 Å². The van der Waals surface area contributed by atoms with Crippen molar-refractivity contribution in [2.75, 3.05) is 6.61 Å². The normalized spacial score (nSPS) is 11.0. The van der Waals surface area contributed by atoms with Gasteiger partial charge in [0, 0.05) is 10.9 Å². The van der Waals surface area contributed by atoms with Gasteiger partial charge in [0.1, 0.15) is 5.75 Å². The fraction of sp³-hybridized carbons (Fsp3) is 0.0741. The molecule has 1 aromatic heterocycles. The molecule has 0 aliphatic rings. The zero-order valence-corrected chi connectivity index (χ0v) is 17.5. The molecule has 0 spiro atoms. The number of fused-ring (bicyclic) bond motifs is 1. The molecule has 1 N–H and O–H groups in total. The van der Waals surface area contributed by atoms with Gasteiger partial charge in [-0.2, -0.15) is 0 Å². The van der Waals surface area contributed by atoms with Gasteiger partial charge in [-0.05, 0) is 48.9 Å². The van der Waals surface area contributed by atoms with Crippen LogP contribution in [0.2, 0.25) is 0 Å². The third kappa shape index (κ3) is 4.57. The monoisotopic (exact) mass is 423 g/mol. The number of hydrogen-bond donors (Lipinski definition) is 1. The number of carbonyl (C=O) groups excluding carboxylic acids is 2. The van der Waals surface area contributed by atoms with Crippen LogP contribution in [0.15, 0.2) is 84.9 Å². The highest BCUT2D eigenvalue weighted by Crippen LogP contribution is 2.23. The van der Waals surface area contributed by atoms with Gasteiger partial charge in [0.2, 0.25) is 0 Å². The van der Waals surface area contributed by atoms with E-state index >= 15 is 0 Å². The highest BCUT2D eigenvalue weighted by atomic mass is 16.5. The molecule has 0 saturated carbocycles. The van der Waals surface area contributed by atoms with Crippen LogP contribution < -0.4 is 0 Å². The average molecular weight is 423 g/mol. The van der Waals surface area contributed by atoms with E-state index in [1.807, 2.05) is 60.7 Å². The van der Waals surface area contributed by atoms with Gasteiger partial charge in [-0.25, -0.2) is 9.78 Å². The van der Waals surface area contributed by atoms with Crippen molar-refractivity contribution >= 4 is 28.7 Å². The minimum Gasteiger partial charge on any atom is -0.507 e. The number of pyridine rings is 1. The van der Waals surface area contributed by atoms with Crippen molar-refractivity contribution in [1.82, 2.24) is 4.98 Å². The number of allylic oxidation sites excluding steroid dienone is 1. The first kappa shape index (κ1) is 21.0. The number of benzene rings is 3. The van der Waals surface area contributed by atoms with Crippen LogP contribution in [0.1, 0.15) is 33.2 Å². The number of esters is 1. The molecule has 3 aromatic carbocycles. The summed E-state index contributed by atoms with van der Waals surface area (Å²) in [6, 6.07) is 23.7. The Morgan fingerprint density at radius 2 is 1.75 bits per heavy atom. The van der Waals surface area contributed by atoms with Crippen molar-refractivity contribution in [1.29, 1.82) is 0 Å². The van der Waals surface area contributed by atoms with Crippen molar-refractivity contribution in [3.63, 3.8) is 0 Å². The lowest BCUT2D eigenvalue weighted by atomic mass is 10.0. The van der Waals surface area contributed by atoms with E-state index in [2.05, 4.69) is 0 Å². The molecular formula is C27H21NO4. The summed E-state index contributed by atoms with van der Waals surface area (Å²) < 4.78 is 4.95. The second-order valence-corrected chi connectivity index (χ2v) is 7.16. The molecule has 1 heterocycles. The molecule has 158 valence electrons. The number of phenols is 1. The number of hydrogen-bond acceptors (Lipinski definition) is 5. The molecule has 0 fully saturated rings. The fourth-order valence-electron chi connectivity index (χ4n) is 3.33. The van der Waals surface area contributed by atoms with E-state index in [0.717, 1.165) is 27.7 Å². The standard InChI is InChI=1S/C27H21NO4/c1-2-32-27(31)21-13-16-26(30)22(17-21)25(29)15-9-18-7-10-20(11-8-18)24-14-12-19-5-3-4-6-23(19)28-24/h3-17,30H,2H2,1H3. The Bertz CT molecular complexity index is 1320. The van der Waals surface area contributed by atoms with Crippen molar-refractivity contribution < 1.29 is 19.4 Å². The molecule has 5 heteroatoms. The van der Waals surface area contributed by atoms with Gasteiger partial charge in [-0.15, -0.1) is 0 Å². The van der Waals surface area contributed by atoms with E-state index in [9.17, 15) is 14.7 Å². The Morgan fingerprint density at radius 1 is 0.969 bits per heavy atom. The quantitative estimate of drug-likeness (QED) is 0.245. The third-order valence-corrected chi connectivity index (χ3v) is 5.01. The fourth-order valence-corrected chi connectivity index (χ4v) is 3.33. The third-order valence-electron chi connectivity index (χ3n) is 5.01. The predicted octanol–water partition coefficient (Wildman–Crippen LogP) is 5.68. The number of rotatable bonds is 6. The van der Waals surface area contributed by atoms with Gasteiger partial charge in [0.15, 0.2) is 5.78 Å². The van der Waals surface area contributed by atoms with E-state index in [0.29, 0.717) is 0 Å². The van der Waals surface area contributed by atoms with Crippen LogP contribution in [0.3, 0.4) is 0 Å². The molecule has 4 aromatic rings. The second-order valence-electron chi connectivity index (χ2n) is 7.16. The van der Waals surface area contributed by atoms with Gasteiger partial charge in [0.25, 0.3) is 0 Å². The summed E-state index contributed by atoms with van der Waals surface area (Å²) in [5.41, 5.74) is 3.86. The number of ether oxygens (including phenoxy) is 1. The first-order valence-electron chi connectivity index (χ1n) is 10.2.